The van der Waals surface area contributed by atoms with Gasteiger partial charge in [-0.1, -0.05) is 18.2 Å². The van der Waals surface area contributed by atoms with Crippen molar-refractivity contribution in [2.24, 2.45) is 0 Å². The number of aromatic nitrogens is 5. The second kappa shape index (κ2) is 7.32. The Morgan fingerprint density at radius 2 is 2.11 bits per heavy atom. The summed E-state index contributed by atoms with van der Waals surface area (Å²) in [6.45, 7) is 3.33. The number of rotatable bonds is 6. The molecule has 0 aliphatic rings. The van der Waals surface area contributed by atoms with Crippen LogP contribution < -0.4 is 5.32 Å². The molecule has 140 valence electrons. The molecule has 1 N–H and O–H groups in total. The van der Waals surface area contributed by atoms with Crippen LogP contribution in [0.1, 0.15) is 24.2 Å². The maximum absolute atomic E-state index is 13.7. The fourth-order valence-electron chi connectivity index (χ4n) is 2.51. The number of carbonyl (C=O) groups is 1. The Balaban J connectivity index is 1.69. The van der Waals surface area contributed by atoms with Gasteiger partial charge < -0.3 is 10.1 Å². The first-order valence-electron chi connectivity index (χ1n) is 7.99. The topological polar surface area (TPSA) is 121 Å². The Kier molecular flexibility index (Phi) is 4.92. The van der Waals surface area contributed by atoms with Crippen molar-refractivity contribution < 1.29 is 14.1 Å². The highest BCUT2D eigenvalue weighted by molar-refractivity contribution is 5.91. The Hall–Kier alpha value is -3.63. The quantitative estimate of drug-likeness (QED) is 0.522. The average molecular weight is 373 g/mol. The molecule has 11 heteroatoms. The zero-order chi connectivity index (χ0) is 19.6. The van der Waals surface area contributed by atoms with Gasteiger partial charge in [-0.2, -0.15) is 4.68 Å². The number of hydrogen-bond donors (Lipinski definition) is 1. The number of aryl methyl sites for hydroxylation is 1. The molecule has 2 heterocycles. The highest BCUT2D eigenvalue weighted by atomic mass is 19.1. The van der Waals surface area contributed by atoms with Gasteiger partial charge in [-0.05, 0) is 24.8 Å². The van der Waals surface area contributed by atoms with E-state index in [-0.39, 0.29) is 24.1 Å². The SMILES string of the molecule is Cc1cc([N+](=O)[O-])nn1C(C)C(=O)Nc1ncn(Cc2ccccc2F)n1. The summed E-state index contributed by atoms with van der Waals surface area (Å²) in [5.74, 6) is -1.13. The fraction of sp³-hybridized carbons (Fsp3) is 0.250. The zero-order valence-electron chi connectivity index (χ0n) is 14.5. The number of nitrogens with one attached hydrogen (secondary N) is 1. The zero-order valence-corrected chi connectivity index (χ0v) is 14.5. The van der Waals surface area contributed by atoms with Crippen molar-refractivity contribution in [2.45, 2.75) is 26.4 Å². The van der Waals surface area contributed by atoms with Crippen LogP contribution in [0, 0.1) is 22.9 Å². The van der Waals surface area contributed by atoms with E-state index in [1.54, 1.807) is 32.0 Å². The van der Waals surface area contributed by atoms with Crippen LogP contribution in [0.3, 0.4) is 0 Å². The van der Waals surface area contributed by atoms with Crippen molar-refractivity contribution >= 4 is 17.7 Å². The first-order valence-corrected chi connectivity index (χ1v) is 7.99. The number of nitro groups is 1. The van der Waals surface area contributed by atoms with Gasteiger partial charge in [0.15, 0.2) is 0 Å². The van der Waals surface area contributed by atoms with E-state index < -0.39 is 16.9 Å². The van der Waals surface area contributed by atoms with Gasteiger partial charge >= 0.3 is 5.82 Å². The molecule has 3 rings (SSSR count). The largest absolute Gasteiger partial charge is 0.390 e. The number of amides is 1. The summed E-state index contributed by atoms with van der Waals surface area (Å²) in [5, 5.41) is 21.2. The third-order valence-corrected chi connectivity index (χ3v) is 3.90. The van der Waals surface area contributed by atoms with Crippen LogP contribution in [0.15, 0.2) is 36.7 Å². The van der Waals surface area contributed by atoms with Gasteiger partial charge in [0.05, 0.1) is 23.4 Å². The second-order valence-electron chi connectivity index (χ2n) is 5.87. The molecule has 0 bridgehead atoms. The third-order valence-electron chi connectivity index (χ3n) is 3.90. The predicted molar refractivity (Wildman–Crippen MR) is 92.5 cm³/mol. The van der Waals surface area contributed by atoms with Gasteiger partial charge in [0.2, 0.25) is 5.95 Å². The summed E-state index contributed by atoms with van der Waals surface area (Å²) in [5.41, 5.74) is 0.913. The minimum atomic E-state index is -0.808. The van der Waals surface area contributed by atoms with Gasteiger partial charge in [-0.25, -0.2) is 14.1 Å². The molecule has 10 nitrogen and oxygen atoms in total. The van der Waals surface area contributed by atoms with Crippen LogP contribution in [0.4, 0.5) is 16.2 Å². The van der Waals surface area contributed by atoms with E-state index in [2.05, 4.69) is 20.5 Å². The lowest BCUT2D eigenvalue weighted by Gasteiger charge is -2.09. The van der Waals surface area contributed by atoms with E-state index >= 15 is 0 Å². The van der Waals surface area contributed by atoms with Gasteiger partial charge in [-0.3, -0.25) is 10.1 Å². The molecular weight excluding hydrogens is 357 g/mol. The molecule has 1 atom stereocenters. The van der Waals surface area contributed by atoms with Crippen molar-refractivity contribution in [2.75, 3.05) is 5.32 Å². The predicted octanol–water partition coefficient (Wildman–Crippen LogP) is 2.08. The van der Waals surface area contributed by atoms with Crippen LogP contribution in [0.25, 0.3) is 0 Å². The van der Waals surface area contributed by atoms with Crippen molar-refractivity contribution in [1.29, 1.82) is 0 Å². The van der Waals surface area contributed by atoms with E-state index in [0.29, 0.717) is 11.3 Å². The monoisotopic (exact) mass is 373 g/mol. The maximum atomic E-state index is 13.7. The van der Waals surface area contributed by atoms with Crippen molar-refractivity contribution in [3.63, 3.8) is 0 Å². The summed E-state index contributed by atoms with van der Waals surface area (Å²) in [6.07, 6.45) is 1.37. The number of anilines is 1. The molecule has 1 amide bonds. The van der Waals surface area contributed by atoms with E-state index in [1.165, 1.54) is 27.8 Å². The molecule has 0 aliphatic heterocycles. The van der Waals surface area contributed by atoms with E-state index in [1.807, 2.05) is 0 Å². The molecule has 0 radical (unpaired) electrons. The standard InChI is InChI=1S/C16H16FN7O3/c1-10-7-14(24(26)27)20-23(10)11(2)15(25)19-16-18-9-22(21-16)8-12-5-3-4-6-13(12)17/h3-7,9,11H,8H2,1-2H3,(H,19,21,25). The number of nitrogens with zero attached hydrogens (tertiary/aromatic N) is 6. The lowest BCUT2D eigenvalue weighted by molar-refractivity contribution is -0.389. The van der Waals surface area contributed by atoms with Crippen LogP contribution in [-0.4, -0.2) is 35.4 Å². The third kappa shape index (κ3) is 3.97. The van der Waals surface area contributed by atoms with Crippen LogP contribution >= 0.6 is 0 Å². The summed E-state index contributed by atoms with van der Waals surface area (Å²) < 4.78 is 16.3. The summed E-state index contributed by atoms with van der Waals surface area (Å²) in [6, 6.07) is 6.76. The Morgan fingerprint density at radius 1 is 1.37 bits per heavy atom. The molecule has 27 heavy (non-hydrogen) atoms. The van der Waals surface area contributed by atoms with Crippen LogP contribution in [-0.2, 0) is 11.3 Å². The molecule has 1 unspecified atom stereocenters. The molecule has 0 saturated heterocycles. The van der Waals surface area contributed by atoms with Crippen molar-refractivity contribution in [3.8, 4) is 0 Å². The van der Waals surface area contributed by atoms with Gasteiger partial charge in [0.25, 0.3) is 5.91 Å². The molecule has 2 aromatic heterocycles. The molecule has 3 aromatic rings. The molecule has 0 fully saturated rings. The number of hydrogen-bond acceptors (Lipinski definition) is 6. The molecular formula is C16H16FN7O3. The Labute approximate surface area is 152 Å². The average Bonchev–Trinajstić information content (AvgIpc) is 3.23. The molecule has 0 spiro atoms. The van der Waals surface area contributed by atoms with Gasteiger partial charge in [0.1, 0.15) is 18.2 Å². The normalized spacial score (nSPS) is 12.0. The van der Waals surface area contributed by atoms with Crippen molar-refractivity contribution in [1.82, 2.24) is 24.5 Å². The van der Waals surface area contributed by atoms with Crippen LogP contribution in [0.2, 0.25) is 0 Å². The Morgan fingerprint density at radius 3 is 2.78 bits per heavy atom. The highest BCUT2D eigenvalue weighted by Gasteiger charge is 2.25. The fourth-order valence-corrected chi connectivity index (χ4v) is 2.51. The molecule has 0 saturated carbocycles. The smallest absolute Gasteiger partial charge is 0.358 e. The molecule has 1 aromatic carbocycles. The lowest BCUT2D eigenvalue weighted by atomic mass is 10.2. The number of carbonyl (C=O) groups excluding carboxylic acids is 1. The summed E-state index contributed by atoms with van der Waals surface area (Å²) >= 11 is 0. The first-order chi connectivity index (χ1) is 12.8. The van der Waals surface area contributed by atoms with E-state index in [4.69, 9.17) is 0 Å². The Bertz CT molecular complexity index is 998. The highest BCUT2D eigenvalue weighted by Crippen LogP contribution is 2.17. The minimum absolute atomic E-state index is 0.0440. The maximum Gasteiger partial charge on any atom is 0.390 e. The lowest BCUT2D eigenvalue weighted by Crippen LogP contribution is -2.25. The van der Waals surface area contributed by atoms with Gasteiger partial charge in [-0.15, -0.1) is 5.10 Å². The number of halogens is 1. The summed E-state index contributed by atoms with van der Waals surface area (Å²) in [7, 11) is 0. The minimum Gasteiger partial charge on any atom is -0.358 e. The number of benzene rings is 1. The molecule has 0 aliphatic carbocycles. The first kappa shape index (κ1) is 18.2. The summed E-state index contributed by atoms with van der Waals surface area (Å²) in [4.78, 5) is 26.5. The van der Waals surface area contributed by atoms with Crippen LogP contribution in [0.5, 0.6) is 0 Å². The van der Waals surface area contributed by atoms with E-state index in [9.17, 15) is 19.3 Å². The second-order valence-corrected chi connectivity index (χ2v) is 5.87. The van der Waals surface area contributed by atoms with Gasteiger partial charge in [0, 0.05) is 5.56 Å². The van der Waals surface area contributed by atoms with E-state index in [0.717, 1.165) is 0 Å². The van der Waals surface area contributed by atoms with Crippen molar-refractivity contribution in [3.05, 3.63) is 63.8 Å².